The molecule has 198 valence electrons. The number of ether oxygens (including phenoxy) is 2. The molecule has 0 aliphatic carbocycles. The number of Topliss-reactive ketones (excluding diaryl/α,β-unsaturated/α-hetero) is 1. The van der Waals surface area contributed by atoms with E-state index in [0.717, 1.165) is 30.8 Å². The summed E-state index contributed by atoms with van der Waals surface area (Å²) in [6.07, 6.45) is 2.20. The van der Waals surface area contributed by atoms with Gasteiger partial charge in [-0.05, 0) is 60.9 Å². The summed E-state index contributed by atoms with van der Waals surface area (Å²) in [6.45, 7) is 6.73. The largest absolute Gasteiger partial charge is 0.507 e. The number of furan rings is 1. The quantitative estimate of drug-likeness (QED) is 0.257. The topological polar surface area (TPSA) is 92.5 Å². The molecular weight excluding hydrogens is 484 g/mol. The molecule has 1 aromatic heterocycles. The van der Waals surface area contributed by atoms with Crippen LogP contribution in [0, 0.1) is 6.92 Å². The van der Waals surface area contributed by atoms with Gasteiger partial charge in [0.05, 0.1) is 25.1 Å². The van der Waals surface area contributed by atoms with E-state index in [4.69, 9.17) is 13.9 Å². The molecule has 2 aliphatic rings. The lowest BCUT2D eigenvalue weighted by Gasteiger charge is -2.28. The predicted molar refractivity (Wildman–Crippen MR) is 142 cm³/mol. The number of nitrogens with zero attached hydrogens (tertiary/aromatic N) is 2. The number of carbonyl (C=O) groups excluding carboxylic acids is 2. The van der Waals surface area contributed by atoms with Gasteiger partial charge >= 0.3 is 0 Å². The van der Waals surface area contributed by atoms with Crippen LogP contribution in [-0.4, -0.2) is 66.0 Å². The van der Waals surface area contributed by atoms with E-state index in [1.54, 1.807) is 36.4 Å². The fourth-order valence-electron chi connectivity index (χ4n) is 4.94. The number of aryl methyl sites for hydroxylation is 1. The fraction of sp³-hybridized carbons (Fsp3) is 0.333. The number of hydrogen-bond donors (Lipinski definition) is 1. The molecule has 38 heavy (non-hydrogen) atoms. The molecule has 2 aliphatic heterocycles. The first-order valence-corrected chi connectivity index (χ1v) is 12.9. The van der Waals surface area contributed by atoms with E-state index in [9.17, 15) is 14.7 Å². The maximum atomic E-state index is 13.2. The zero-order chi connectivity index (χ0) is 26.5. The van der Waals surface area contributed by atoms with Gasteiger partial charge in [0.15, 0.2) is 0 Å². The number of ketones is 1. The van der Waals surface area contributed by atoms with Crippen LogP contribution in [0.1, 0.15) is 34.9 Å². The lowest BCUT2D eigenvalue weighted by molar-refractivity contribution is -0.140. The van der Waals surface area contributed by atoms with Gasteiger partial charge in [0, 0.05) is 31.7 Å². The molecule has 1 atom stereocenters. The number of rotatable bonds is 9. The van der Waals surface area contributed by atoms with Crippen molar-refractivity contribution in [1.82, 2.24) is 9.80 Å². The molecule has 0 spiro atoms. The Labute approximate surface area is 222 Å². The minimum absolute atomic E-state index is 0.0323. The van der Waals surface area contributed by atoms with Crippen LogP contribution < -0.4 is 4.74 Å². The smallest absolute Gasteiger partial charge is 0.295 e. The third kappa shape index (κ3) is 5.51. The summed E-state index contributed by atoms with van der Waals surface area (Å²) in [4.78, 5) is 30.0. The van der Waals surface area contributed by atoms with Crippen LogP contribution in [-0.2, 0) is 20.9 Å². The van der Waals surface area contributed by atoms with E-state index >= 15 is 0 Å². The average molecular weight is 517 g/mol. The summed E-state index contributed by atoms with van der Waals surface area (Å²) in [6, 6.07) is 17.5. The minimum atomic E-state index is -0.785. The highest BCUT2D eigenvalue weighted by Crippen LogP contribution is 2.39. The van der Waals surface area contributed by atoms with Crippen LogP contribution in [0.25, 0.3) is 5.76 Å². The van der Waals surface area contributed by atoms with E-state index in [0.29, 0.717) is 49.9 Å². The summed E-state index contributed by atoms with van der Waals surface area (Å²) >= 11 is 0. The van der Waals surface area contributed by atoms with Crippen LogP contribution in [0.3, 0.4) is 0 Å². The predicted octanol–water partition coefficient (Wildman–Crippen LogP) is 4.31. The Bertz CT molecular complexity index is 1290. The van der Waals surface area contributed by atoms with Gasteiger partial charge in [-0.25, -0.2) is 0 Å². The Hall–Kier alpha value is -3.88. The Morgan fingerprint density at radius 3 is 2.47 bits per heavy atom. The summed E-state index contributed by atoms with van der Waals surface area (Å²) in [5.41, 5.74) is 2.70. The molecule has 5 rings (SSSR count). The second-order valence-electron chi connectivity index (χ2n) is 9.56. The van der Waals surface area contributed by atoms with Crippen molar-refractivity contribution in [3.63, 3.8) is 0 Å². The molecule has 0 bridgehead atoms. The van der Waals surface area contributed by atoms with Crippen molar-refractivity contribution in [3.8, 4) is 5.75 Å². The molecule has 8 heteroatoms. The number of carbonyl (C=O) groups is 2. The molecule has 0 unspecified atom stereocenters. The lowest BCUT2D eigenvalue weighted by Crippen LogP contribution is -2.38. The maximum absolute atomic E-state index is 13.2. The molecule has 2 saturated heterocycles. The van der Waals surface area contributed by atoms with Gasteiger partial charge in [0.1, 0.15) is 29.9 Å². The zero-order valence-electron chi connectivity index (χ0n) is 21.5. The number of hydrogen-bond acceptors (Lipinski definition) is 7. The van der Waals surface area contributed by atoms with Gasteiger partial charge in [-0.15, -0.1) is 0 Å². The molecule has 3 heterocycles. The number of likely N-dealkylation sites (tertiary alicyclic amines) is 1. The first kappa shape index (κ1) is 25.8. The third-order valence-corrected chi connectivity index (χ3v) is 7.11. The van der Waals surface area contributed by atoms with E-state index in [2.05, 4.69) is 4.90 Å². The molecule has 0 radical (unpaired) electrons. The molecule has 1 amide bonds. The number of benzene rings is 2. The fourth-order valence-corrected chi connectivity index (χ4v) is 4.94. The molecule has 2 fully saturated rings. The Morgan fingerprint density at radius 2 is 1.76 bits per heavy atom. The van der Waals surface area contributed by atoms with E-state index in [-0.39, 0.29) is 11.3 Å². The van der Waals surface area contributed by atoms with Crippen molar-refractivity contribution >= 4 is 17.4 Å². The maximum Gasteiger partial charge on any atom is 0.295 e. The van der Waals surface area contributed by atoms with Gasteiger partial charge in [0.25, 0.3) is 11.7 Å². The van der Waals surface area contributed by atoms with Gasteiger partial charge in [-0.2, -0.15) is 0 Å². The second kappa shape index (κ2) is 11.7. The SMILES string of the molecule is Cc1ccccc1COc1ccc(/C(O)=C2\C(=O)C(=O)N(CCCN3CCOCC3)[C@H]2c2ccco2)cc1. The first-order valence-electron chi connectivity index (χ1n) is 12.9. The molecule has 3 aromatic rings. The third-order valence-electron chi connectivity index (χ3n) is 7.11. The van der Waals surface area contributed by atoms with Crippen LogP contribution >= 0.6 is 0 Å². The van der Waals surface area contributed by atoms with E-state index in [1.807, 2.05) is 31.2 Å². The number of aliphatic hydroxyl groups is 1. The van der Waals surface area contributed by atoms with Gasteiger partial charge in [-0.3, -0.25) is 14.5 Å². The van der Waals surface area contributed by atoms with Crippen molar-refractivity contribution in [1.29, 1.82) is 0 Å². The Morgan fingerprint density at radius 1 is 1.00 bits per heavy atom. The van der Waals surface area contributed by atoms with Gasteiger partial charge in [-0.1, -0.05) is 24.3 Å². The molecule has 8 nitrogen and oxygen atoms in total. The lowest BCUT2D eigenvalue weighted by atomic mass is 9.99. The summed E-state index contributed by atoms with van der Waals surface area (Å²) < 4.78 is 16.9. The summed E-state index contributed by atoms with van der Waals surface area (Å²) in [7, 11) is 0. The van der Waals surface area contributed by atoms with E-state index < -0.39 is 17.7 Å². The van der Waals surface area contributed by atoms with Crippen molar-refractivity contribution in [2.24, 2.45) is 0 Å². The summed E-state index contributed by atoms with van der Waals surface area (Å²) in [5.74, 6) is -0.500. The molecule has 1 N–H and O–H groups in total. The monoisotopic (exact) mass is 516 g/mol. The number of amides is 1. The average Bonchev–Trinajstić information content (AvgIpc) is 3.56. The highest BCUT2D eigenvalue weighted by molar-refractivity contribution is 6.46. The van der Waals surface area contributed by atoms with Gasteiger partial charge < -0.3 is 23.9 Å². The van der Waals surface area contributed by atoms with E-state index in [1.165, 1.54) is 11.2 Å². The molecular formula is C30H32N2O6. The Kier molecular flexibility index (Phi) is 7.91. The molecule has 0 saturated carbocycles. The van der Waals surface area contributed by atoms with Crippen LogP contribution in [0.15, 0.2) is 76.9 Å². The number of morpholine rings is 1. The highest BCUT2D eigenvalue weighted by Gasteiger charge is 2.47. The van der Waals surface area contributed by atoms with Crippen LogP contribution in [0.2, 0.25) is 0 Å². The standard InChI is InChI=1S/C30H32N2O6/c1-21-6-2-3-7-23(21)20-38-24-11-9-22(10-12-24)28(33)26-27(25-8-4-17-37-25)32(30(35)29(26)34)14-5-13-31-15-18-36-19-16-31/h2-4,6-12,17,27,33H,5,13-16,18-20H2,1H3/b28-26+/t27-/m0/s1. The van der Waals surface area contributed by atoms with Gasteiger partial charge in [0.2, 0.25) is 0 Å². The van der Waals surface area contributed by atoms with Crippen molar-refractivity contribution < 1.29 is 28.6 Å². The highest BCUT2D eigenvalue weighted by atomic mass is 16.5. The van der Waals surface area contributed by atoms with Crippen LogP contribution in [0.4, 0.5) is 0 Å². The van der Waals surface area contributed by atoms with Crippen molar-refractivity contribution in [2.75, 3.05) is 39.4 Å². The number of aliphatic hydroxyl groups excluding tert-OH is 1. The zero-order valence-corrected chi connectivity index (χ0v) is 21.5. The van der Waals surface area contributed by atoms with Crippen molar-refractivity contribution in [2.45, 2.75) is 26.0 Å². The summed E-state index contributed by atoms with van der Waals surface area (Å²) in [5, 5.41) is 11.2. The minimum Gasteiger partial charge on any atom is -0.507 e. The second-order valence-corrected chi connectivity index (χ2v) is 9.56. The molecule has 2 aromatic carbocycles. The van der Waals surface area contributed by atoms with Crippen molar-refractivity contribution in [3.05, 3.63) is 95.0 Å². The normalized spacial score (nSPS) is 19.7. The van der Waals surface area contributed by atoms with Crippen LogP contribution in [0.5, 0.6) is 5.75 Å². The first-order chi connectivity index (χ1) is 18.5. The Balaban J connectivity index is 1.34.